The van der Waals surface area contributed by atoms with Gasteiger partial charge in [0, 0.05) is 4.47 Å². The van der Waals surface area contributed by atoms with Crippen LogP contribution in [0, 0.1) is 5.82 Å². The van der Waals surface area contributed by atoms with E-state index in [4.69, 9.17) is 4.74 Å². The molecule has 0 radical (unpaired) electrons. The van der Waals surface area contributed by atoms with E-state index >= 15 is 0 Å². The molecule has 0 unspecified atom stereocenters. The molecule has 1 fully saturated rings. The van der Waals surface area contributed by atoms with Gasteiger partial charge in [-0.3, -0.25) is 0 Å². The standard InChI is InChI=1S/C11H12BrFO/c12-8-5-6-11(10(13)7-8)14-9-3-1-2-4-9/h5-7,9H,1-4H2. The molecule has 3 heteroatoms. The van der Waals surface area contributed by atoms with Crippen LogP contribution in [-0.4, -0.2) is 6.10 Å². The molecule has 0 N–H and O–H groups in total. The van der Waals surface area contributed by atoms with Crippen molar-refractivity contribution >= 4 is 15.9 Å². The summed E-state index contributed by atoms with van der Waals surface area (Å²) in [5.41, 5.74) is 0. The molecule has 0 amide bonds. The zero-order valence-corrected chi connectivity index (χ0v) is 9.39. The first-order valence-corrected chi connectivity index (χ1v) is 5.67. The number of hydrogen-bond acceptors (Lipinski definition) is 1. The maximum absolute atomic E-state index is 13.3. The second-order valence-corrected chi connectivity index (χ2v) is 4.51. The Bertz CT molecular complexity index is 321. The minimum atomic E-state index is -0.286. The predicted molar refractivity (Wildman–Crippen MR) is 57.0 cm³/mol. The molecule has 1 aromatic rings. The zero-order valence-electron chi connectivity index (χ0n) is 7.80. The van der Waals surface area contributed by atoms with Gasteiger partial charge in [-0.1, -0.05) is 15.9 Å². The van der Waals surface area contributed by atoms with Gasteiger partial charge in [0.15, 0.2) is 11.6 Å². The summed E-state index contributed by atoms with van der Waals surface area (Å²) in [4.78, 5) is 0. The molecule has 76 valence electrons. The van der Waals surface area contributed by atoms with Crippen molar-refractivity contribution in [2.45, 2.75) is 31.8 Å². The van der Waals surface area contributed by atoms with E-state index in [0.29, 0.717) is 5.75 Å². The van der Waals surface area contributed by atoms with Gasteiger partial charge < -0.3 is 4.74 Å². The summed E-state index contributed by atoms with van der Waals surface area (Å²) < 4.78 is 19.7. The highest BCUT2D eigenvalue weighted by molar-refractivity contribution is 9.10. The highest BCUT2D eigenvalue weighted by Gasteiger charge is 2.17. The topological polar surface area (TPSA) is 9.23 Å². The lowest BCUT2D eigenvalue weighted by molar-refractivity contribution is 0.200. The first-order valence-electron chi connectivity index (χ1n) is 4.87. The van der Waals surface area contributed by atoms with Crippen LogP contribution in [0.3, 0.4) is 0 Å². The summed E-state index contributed by atoms with van der Waals surface area (Å²) in [7, 11) is 0. The molecule has 1 aliphatic rings. The summed E-state index contributed by atoms with van der Waals surface area (Å²) in [6.45, 7) is 0. The van der Waals surface area contributed by atoms with E-state index < -0.39 is 0 Å². The van der Waals surface area contributed by atoms with Crippen molar-refractivity contribution < 1.29 is 9.13 Å². The summed E-state index contributed by atoms with van der Waals surface area (Å²) in [5.74, 6) is 0.0892. The van der Waals surface area contributed by atoms with Gasteiger partial charge in [-0.25, -0.2) is 4.39 Å². The molecule has 1 nitrogen and oxygen atoms in total. The van der Waals surface area contributed by atoms with Gasteiger partial charge in [0.1, 0.15) is 0 Å². The van der Waals surface area contributed by atoms with Gasteiger partial charge in [0.2, 0.25) is 0 Å². The van der Waals surface area contributed by atoms with E-state index in [2.05, 4.69) is 15.9 Å². The van der Waals surface area contributed by atoms with Crippen molar-refractivity contribution in [3.8, 4) is 5.75 Å². The third-order valence-corrected chi connectivity index (χ3v) is 2.98. The van der Waals surface area contributed by atoms with Crippen molar-refractivity contribution in [2.75, 3.05) is 0 Å². The van der Waals surface area contributed by atoms with Crippen LogP contribution in [-0.2, 0) is 0 Å². The fraction of sp³-hybridized carbons (Fsp3) is 0.455. The van der Waals surface area contributed by atoms with Gasteiger partial charge in [0.05, 0.1) is 6.10 Å². The van der Waals surface area contributed by atoms with Crippen molar-refractivity contribution in [3.63, 3.8) is 0 Å². The summed E-state index contributed by atoms with van der Waals surface area (Å²) in [6, 6.07) is 4.91. The van der Waals surface area contributed by atoms with Crippen molar-refractivity contribution in [2.24, 2.45) is 0 Å². The number of ether oxygens (including phenoxy) is 1. The van der Waals surface area contributed by atoms with Crippen LogP contribution >= 0.6 is 15.9 Å². The van der Waals surface area contributed by atoms with Gasteiger partial charge >= 0.3 is 0 Å². The highest BCUT2D eigenvalue weighted by Crippen LogP contribution is 2.27. The third kappa shape index (κ3) is 2.27. The predicted octanol–water partition coefficient (Wildman–Crippen LogP) is 3.91. The molecule has 0 aromatic heterocycles. The van der Waals surface area contributed by atoms with Crippen LogP contribution in [0.15, 0.2) is 22.7 Å². The molecular weight excluding hydrogens is 247 g/mol. The molecule has 1 saturated carbocycles. The molecule has 14 heavy (non-hydrogen) atoms. The average Bonchev–Trinajstić information content (AvgIpc) is 2.62. The van der Waals surface area contributed by atoms with Crippen molar-refractivity contribution in [1.29, 1.82) is 0 Å². The summed E-state index contributed by atoms with van der Waals surface area (Å²) in [5, 5.41) is 0. The minimum absolute atomic E-state index is 0.214. The van der Waals surface area contributed by atoms with E-state index in [9.17, 15) is 4.39 Å². The average molecular weight is 259 g/mol. The molecule has 0 saturated heterocycles. The van der Waals surface area contributed by atoms with E-state index in [1.54, 1.807) is 12.1 Å². The Kier molecular flexibility index (Phi) is 3.06. The lowest BCUT2D eigenvalue weighted by Crippen LogP contribution is -2.11. The van der Waals surface area contributed by atoms with Gasteiger partial charge in [-0.05, 0) is 43.9 Å². The molecular formula is C11H12BrFO. The SMILES string of the molecule is Fc1cc(Br)ccc1OC1CCCC1. The number of rotatable bonds is 2. The van der Waals surface area contributed by atoms with Gasteiger partial charge in [0.25, 0.3) is 0 Å². The van der Waals surface area contributed by atoms with Crippen LogP contribution in [0.4, 0.5) is 4.39 Å². The quantitative estimate of drug-likeness (QED) is 0.782. The summed E-state index contributed by atoms with van der Waals surface area (Å²) in [6.07, 6.45) is 4.71. The second kappa shape index (κ2) is 4.30. The Hall–Kier alpha value is -0.570. The normalized spacial score (nSPS) is 17.3. The largest absolute Gasteiger partial charge is 0.487 e. The van der Waals surface area contributed by atoms with Crippen LogP contribution in [0.5, 0.6) is 5.75 Å². The van der Waals surface area contributed by atoms with Gasteiger partial charge in [-0.2, -0.15) is 0 Å². The molecule has 0 spiro atoms. The molecule has 0 aliphatic heterocycles. The first kappa shape index (κ1) is 9.97. The van der Waals surface area contributed by atoms with Crippen LogP contribution in [0.1, 0.15) is 25.7 Å². The number of hydrogen-bond donors (Lipinski definition) is 0. The van der Waals surface area contributed by atoms with Crippen LogP contribution in [0.25, 0.3) is 0 Å². The van der Waals surface area contributed by atoms with Crippen LogP contribution < -0.4 is 4.74 Å². The number of halogens is 2. The molecule has 0 atom stereocenters. The lowest BCUT2D eigenvalue weighted by atomic mass is 10.3. The molecule has 0 heterocycles. The van der Waals surface area contributed by atoms with Crippen molar-refractivity contribution in [3.05, 3.63) is 28.5 Å². The Labute approximate surface area is 91.4 Å². The molecule has 1 aliphatic carbocycles. The Morgan fingerprint density at radius 1 is 1.29 bits per heavy atom. The number of benzene rings is 1. The fourth-order valence-corrected chi connectivity index (χ4v) is 2.09. The second-order valence-electron chi connectivity index (χ2n) is 3.60. The lowest BCUT2D eigenvalue weighted by Gasteiger charge is -2.13. The Balaban J connectivity index is 2.08. The van der Waals surface area contributed by atoms with E-state index in [0.717, 1.165) is 17.3 Å². The summed E-state index contributed by atoms with van der Waals surface area (Å²) >= 11 is 3.21. The molecule has 0 bridgehead atoms. The minimum Gasteiger partial charge on any atom is -0.487 e. The molecule has 2 rings (SSSR count). The van der Waals surface area contributed by atoms with E-state index in [1.165, 1.54) is 18.9 Å². The van der Waals surface area contributed by atoms with E-state index in [1.807, 2.05) is 0 Å². The maximum Gasteiger partial charge on any atom is 0.166 e. The maximum atomic E-state index is 13.3. The zero-order chi connectivity index (χ0) is 9.97. The van der Waals surface area contributed by atoms with Crippen molar-refractivity contribution in [1.82, 2.24) is 0 Å². The monoisotopic (exact) mass is 258 g/mol. The Morgan fingerprint density at radius 3 is 2.64 bits per heavy atom. The third-order valence-electron chi connectivity index (χ3n) is 2.49. The fourth-order valence-electron chi connectivity index (χ4n) is 1.76. The molecule has 1 aromatic carbocycles. The highest BCUT2D eigenvalue weighted by atomic mass is 79.9. The Morgan fingerprint density at radius 2 is 2.00 bits per heavy atom. The van der Waals surface area contributed by atoms with E-state index in [-0.39, 0.29) is 11.9 Å². The first-order chi connectivity index (χ1) is 6.75. The smallest absolute Gasteiger partial charge is 0.166 e. The van der Waals surface area contributed by atoms with Gasteiger partial charge in [-0.15, -0.1) is 0 Å². The van der Waals surface area contributed by atoms with Crippen LogP contribution in [0.2, 0.25) is 0 Å².